The van der Waals surface area contributed by atoms with Crippen LogP contribution < -0.4 is 5.32 Å². The van der Waals surface area contributed by atoms with E-state index in [1.165, 1.54) is 0 Å². The fraction of sp³-hybridized carbons (Fsp3) is 0.727. The lowest BCUT2D eigenvalue weighted by molar-refractivity contribution is -0.142. The quantitative estimate of drug-likeness (QED) is 0.661. The molecule has 1 N–H and O–H groups in total. The SMILES string of the molecule is C=CCN1CC(C)N(C)C(CNC)C1=O. The molecule has 0 saturated carbocycles. The molecular weight excluding hydrogens is 190 g/mol. The Morgan fingerprint density at radius 1 is 1.67 bits per heavy atom. The van der Waals surface area contributed by atoms with Gasteiger partial charge in [0.1, 0.15) is 6.04 Å². The molecule has 1 aliphatic heterocycles. The number of piperazine rings is 1. The maximum Gasteiger partial charge on any atom is 0.241 e. The van der Waals surface area contributed by atoms with Crippen LogP contribution in [0.15, 0.2) is 12.7 Å². The van der Waals surface area contributed by atoms with Crippen LogP contribution in [-0.2, 0) is 4.79 Å². The molecule has 0 radical (unpaired) electrons. The van der Waals surface area contributed by atoms with Gasteiger partial charge in [-0.2, -0.15) is 0 Å². The Balaban J connectivity index is 2.74. The van der Waals surface area contributed by atoms with Crippen molar-refractivity contribution in [2.45, 2.75) is 19.0 Å². The molecule has 0 aromatic carbocycles. The maximum absolute atomic E-state index is 12.1. The van der Waals surface area contributed by atoms with Crippen LogP contribution in [0.5, 0.6) is 0 Å². The summed E-state index contributed by atoms with van der Waals surface area (Å²) in [6.45, 7) is 7.97. The molecule has 2 atom stereocenters. The monoisotopic (exact) mass is 211 g/mol. The fourth-order valence-electron chi connectivity index (χ4n) is 1.97. The molecule has 0 aliphatic carbocycles. The van der Waals surface area contributed by atoms with Crippen LogP contribution in [-0.4, -0.2) is 61.5 Å². The average Bonchev–Trinajstić information content (AvgIpc) is 2.21. The number of carbonyl (C=O) groups excluding carboxylic acids is 1. The van der Waals surface area contributed by atoms with Gasteiger partial charge in [0.25, 0.3) is 0 Å². The molecule has 0 spiro atoms. The summed E-state index contributed by atoms with van der Waals surface area (Å²) in [7, 11) is 3.88. The van der Waals surface area contributed by atoms with Gasteiger partial charge in [-0.05, 0) is 21.0 Å². The van der Waals surface area contributed by atoms with Crippen molar-refractivity contribution in [1.82, 2.24) is 15.1 Å². The Hall–Kier alpha value is -0.870. The number of hydrogen-bond donors (Lipinski definition) is 1. The number of nitrogens with zero attached hydrogens (tertiary/aromatic N) is 2. The Morgan fingerprint density at radius 3 is 2.87 bits per heavy atom. The highest BCUT2D eigenvalue weighted by Crippen LogP contribution is 2.14. The molecule has 1 heterocycles. The highest BCUT2D eigenvalue weighted by molar-refractivity contribution is 5.83. The van der Waals surface area contributed by atoms with Crippen LogP contribution in [0.25, 0.3) is 0 Å². The zero-order valence-corrected chi connectivity index (χ0v) is 9.86. The minimum Gasteiger partial charge on any atom is -0.336 e. The van der Waals surface area contributed by atoms with Crippen molar-refractivity contribution in [3.8, 4) is 0 Å². The molecule has 0 aromatic heterocycles. The van der Waals surface area contributed by atoms with E-state index < -0.39 is 0 Å². The van der Waals surface area contributed by atoms with E-state index in [1.807, 2.05) is 19.0 Å². The largest absolute Gasteiger partial charge is 0.336 e. The third-order valence-corrected chi connectivity index (χ3v) is 3.02. The molecule has 1 rings (SSSR count). The first kappa shape index (κ1) is 12.2. The van der Waals surface area contributed by atoms with E-state index in [9.17, 15) is 4.79 Å². The summed E-state index contributed by atoms with van der Waals surface area (Å²) in [5.41, 5.74) is 0. The number of amides is 1. The van der Waals surface area contributed by atoms with E-state index >= 15 is 0 Å². The van der Waals surface area contributed by atoms with E-state index in [2.05, 4.69) is 23.7 Å². The molecule has 0 bridgehead atoms. The molecule has 0 aromatic rings. The fourth-order valence-corrected chi connectivity index (χ4v) is 1.97. The van der Waals surface area contributed by atoms with Crippen LogP contribution in [0.2, 0.25) is 0 Å². The van der Waals surface area contributed by atoms with Crippen molar-refractivity contribution < 1.29 is 4.79 Å². The standard InChI is InChI=1S/C11H21N3O/c1-5-6-14-8-9(2)13(4)10(7-12-3)11(14)15/h5,9-10,12H,1,6-8H2,2-4H3. The number of carbonyl (C=O) groups is 1. The van der Waals surface area contributed by atoms with Gasteiger partial charge < -0.3 is 10.2 Å². The second kappa shape index (κ2) is 5.28. The summed E-state index contributed by atoms with van der Waals surface area (Å²) in [6, 6.07) is 0.361. The molecule has 1 amide bonds. The molecule has 1 saturated heterocycles. The van der Waals surface area contributed by atoms with Gasteiger partial charge in [0.15, 0.2) is 0 Å². The topological polar surface area (TPSA) is 35.6 Å². The lowest BCUT2D eigenvalue weighted by Gasteiger charge is -2.42. The van der Waals surface area contributed by atoms with Crippen molar-refractivity contribution in [2.24, 2.45) is 0 Å². The molecule has 15 heavy (non-hydrogen) atoms. The minimum atomic E-state index is -0.0429. The van der Waals surface area contributed by atoms with Gasteiger partial charge in [-0.1, -0.05) is 6.08 Å². The highest BCUT2D eigenvalue weighted by atomic mass is 16.2. The summed E-state index contributed by atoms with van der Waals surface area (Å²) >= 11 is 0. The van der Waals surface area contributed by atoms with Crippen molar-refractivity contribution in [2.75, 3.05) is 33.7 Å². The van der Waals surface area contributed by atoms with Crippen molar-refractivity contribution in [3.05, 3.63) is 12.7 Å². The number of rotatable bonds is 4. The van der Waals surface area contributed by atoms with Crippen LogP contribution in [0.4, 0.5) is 0 Å². The van der Waals surface area contributed by atoms with Crippen LogP contribution in [0.1, 0.15) is 6.92 Å². The smallest absolute Gasteiger partial charge is 0.241 e. The van der Waals surface area contributed by atoms with Crippen LogP contribution in [0.3, 0.4) is 0 Å². The van der Waals surface area contributed by atoms with E-state index in [1.54, 1.807) is 6.08 Å². The van der Waals surface area contributed by atoms with Gasteiger partial charge >= 0.3 is 0 Å². The Morgan fingerprint density at radius 2 is 2.33 bits per heavy atom. The minimum absolute atomic E-state index is 0.0429. The van der Waals surface area contributed by atoms with Gasteiger partial charge in [0, 0.05) is 25.7 Å². The van der Waals surface area contributed by atoms with Crippen molar-refractivity contribution in [1.29, 1.82) is 0 Å². The van der Waals surface area contributed by atoms with E-state index in [0.717, 1.165) is 6.54 Å². The first-order valence-corrected chi connectivity index (χ1v) is 5.38. The van der Waals surface area contributed by atoms with Crippen molar-refractivity contribution in [3.63, 3.8) is 0 Å². The molecule has 4 nitrogen and oxygen atoms in total. The summed E-state index contributed by atoms with van der Waals surface area (Å²) in [6.07, 6.45) is 1.78. The predicted octanol–water partition coefficient (Wildman–Crippen LogP) is -0.0771. The van der Waals surface area contributed by atoms with Crippen molar-refractivity contribution >= 4 is 5.91 Å². The molecular formula is C11H21N3O. The number of hydrogen-bond acceptors (Lipinski definition) is 3. The average molecular weight is 211 g/mol. The maximum atomic E-state index is 12.1. The molecule has 86 valence electrons. The second-order valence-corrected chi connectivity index (χ2v) is 4.12. The van der Waals surface area contributed by atoms with E-state index in [0.29, 0.717) is 19.1 Å². The van der Waals surface area contributed by atoms with Gasteiger partial charge in [-0.25, -0.2) is 0 Å². The summed E-state index contributed by atoms with van der Waals surface area (Å²) in [5.74, 6) is 0.199. The lowest BCUT2D eigenvalue weighted by atomic mass is 10.1. The van der Waals surface area contributed by atoms with Gasteiger partial charge in [-0.15, -0.1) is 6.58 Å². The second-order valence-electron chi connectivity index (χ2n) is 4.12. The third kappa shape index (κ3) is 2.58. The van der Waals surface area contributed by atoms with Gasteiger partial charge in [0.2, 0.25) is 5.91 Å². The Kier molecular flexibility index (Phi) is 4.29. The zero-order valence-electron chi connectivity index (χ0n) is 9.86. The van der Waals surface area contributed by atoms with Crippen LogP contribution in [0, 0.1) is 0 Å². The normalized spacial score (nSPS) is 28.2. The number of nitrogens with one attached hydrogen (secondary N) is 1. The molecule has 1 fully saturated rings. The van der Waals surface area contributed by atoms with Gasteiger partial charge in [-0.3, -0.25) is 9.69 Å². The van der Waals surface area contributed by atoms with E-state index in [4.69, 9.17) is 0 Å². The molecule has 2 unspecified atom stereocenters. The Labute approximate surface area is 91.9 Å². The third-order valence-electron chi connectivity index (χ3n) is 3.02. The highest BCUT2D eigenvalue weighted by Gasteiger charge is 2.35. The summed E-state index contributed by atoms with van der Waals surface area (Å²) in [4.78, 5) is 16.1. The summed E-state index contributed by atoms with van der Waals surface area (Å²) in [5, 5.41) is 3.07. The summed E-state index contributed by atoms with van der Waals surface area (Å²) < 4.78 is 0. The Bertz CT molecular complexity index is 242. The van der Waals surface area contributed by atoms with Crippen LogP contribution >= 0.6 is 0 Å². The lowest BCUT2D eigenvalue weighted by Crippen LogP contribution is -2.61. The predicted molar refractivity (Wildman–Crippen MR) is 61.7 cm³/mol. The molecule has 1 aliphatic rings. The van der Waals surface area contributed by atoms with E-state index in [-0.39, 0.29) is 11.9 Å². The molecule has 4 heteroatoms. The zero-order chi connectivity index (χ0) is 11.4. The number of likely N-dealkylation sites (N-methyl/N-ethyl adjacent to an activating group) is 2. The first-order valence-electron chi connectivity index (χ1n) is 5.38. The van der Waals surface area contributed by atoms with Gasteiger partial charge in [0.05, 0.1) is 0 Å². The first-order chi connectivity index (χ1) is 7.11.